The summed E-state index contributed by atoms with van der Waals surface area (Å²) in [6, 6.07) is 3.20. The summed E-state index contributed by atoms with van der Waals surface area (Å²) in [6.45, 7) is 3.49. The highest BCUT2D eigenvalue weighted by Gasteiger charge is 2.41. The maximum atomic E-state index is 13.8. The van der Waals surface area contributed by atoms with Crippen molar-refractivity contribution in [2.45, 2.75) is 24.6 Å². The van der Waals surface area contributed by atoms with E-state index in [1.54, 1.807) is 13.8 Å². The molecule has 0 saturated carbocycles. The Bertz CT molecular complexity index is 573. The largest absolute Gasteiger partial charge is 0.305 e. The van der Waals surface area contributed by atoms with E-state index < -0.39 is 32.3 Å². The molecule has 1 aromatic rings. The molecule has 2 rings (SSSR count). The summed E-state index contributed by atoms with van der Waals surface area (Å²) >= 11 is 0. The zero-order chi connectivity index (χ0) is 13.6. The molecule has 2 unspecified atom stereocenters. The Balaban J connectivity index is 2.43. The fourth-order valence-electron chi connectivity index (χ4n) is 2.20. The summed E-state index contributed by atoms with van der Waals surface area (Å²) < 4.78 is 50.5. The van der Waals surface area contributed by atoms with Crippen LogP contribution >= 0.6 is 0 Å². The number of benzene rings is 1. The van der Waals surface area contributed by atoms with Crippen molar-refractivity contribution in [1.29, 1.82) is 0 Å². The van der Waals surface area contributed by atoms with Gasteiger partial charge in [0.1, 0.15) is 11.6 Å². The first-order chi connectivity index (χ1) is 8.24. The highest BCUT2D eigenvalue weighted by atomic mass is 32.2. The molecule has 0 bridgehead atoms. The fraction of sp³-hybridized carbons (Fsp3) is 0.500. The molecule has 0 spiro atoms. The van der Waals surface area contributed by atoms with E-state index in [0.717, 1.165) is 12.1 Å². The van der Waals surface area contributed by atoms with E-state index in [9.17, 15) is 17.2 Å². The van der Waals surface area contributed by atoms with Gasteiger partial charge in [0.2, 0.25) is 0 Å². The molecule has 1 heterocycles. The van der Waals surface area contributed by atoms with Crippen LogP contribution in [0.25, 0.3) is 0 Å². The van der Waals surface area contributed by atoms with Gasteiger partial charge in [-0.2, -0.15) is 0 Å². The van der Waals surface area contributed by atoms with Crippen molar-refractivity contribution in [1.82, 2.24) is 5.32 Å². The van der Waals surface area contributed by atoms with Gasteiger partial charge in [-0.05, 0) is 19.9 Å². The highest BCUT2D eigenvalue weighted by molar-refractivity contribution is 7.92. The second-order valence-corrected chi connectivity index (χ2v) is 7.37. The van der Waals surface area contributed by atoms with Gasteiger partial charge in [0.15, 0.2) is 9.84 Å². The normalized spacial score (nSPS) is 31.2. The molecule has 6 heteroatoms. The number of hydrogen-bond acceptors (Lipinski definition) is 3. The molecule has 3 nitrogen and oxygen atoms in total. The summed E-state index contributed by atoms with van der Waals surface area (Å²) in [5.41, 5.74) is -0.831. The molecule has 18 heavy (non-hydrogen) atoms. The van der Waals surface area contributed by atoms with Gasteiger partial charge in [-0.25, -0.2) is 17.2 Å². The third-order valence-corrected chi connectivity index (χ3v) is 5.78. The highest BCUT2D eigenvalue weighted by Crippen LogP contribution is 2.30. The minimum atomic E-state index is -3.27. The fourth-order valence-corrected chi connectivity index (χ4v) is 3.89. The predicted octanol–water partition coefficient (Wildman–Crippen LogP) is 1.59. The summed E-state index contributed by atoms with van der Waals surface area (Å²) in [5.74, 6) is -1.59. The summed E-state index contributed by atoms with van der Waals surface area (Å²) in [4.78, 5) is 0. The third-order valence-electron chi connectivity index (χ3n) is 3.41. The number of rotatable bonds is 1. The van der Waals surface area contributed by atoms with Gasteiger partial charge in [-0.15, -0.1) is 0 Å². The van der Waals surface area contributed by atoms with Crippen molar-refractivity contribution in [3.05, 3.63) is 35.4 Å². The zero-order valence-corrected chi connectivity index (χ0v) is 11.0. The maximum Gasteiger partial charge on any atom is 0.156 e. The molecule has 1 fully saturated rings. The Morgan fingerprint density at radius 2 is 2.06 bits per heavy atom. The van der Waals surface area contributed by atoms with Crippen molar-refractivity contribution in [3.63, 3.8) is 0 Å². The van der Waals surface area contributed by atoms with Crippen molar-refractivity contribution in [2.24, 2.45) is 0 Å². The van der Waals surface area contributed by atoms with Crippen LogP contribution in [0.4, 0.5) is 8.78 Å². The second-order valence-electron chi connectivity index (χ2n) is 4.95. The van der Waals surface area contributed by atoms with Crippen LogP contribution in [0, 0.1) is 11.6 Å². The van der Waals surface area contributed by atoms with Gasteiger partial charge in [0, 0.05) is 18.2 Å². The lowest BCUT2D eigenvalue weighted by Gasteiger charge is -2.37. The topological polar surface area (TPSA) is 46.2 Å². The lowest BCUT2D eigenvalue weighted by atomic mass is 9.93. The molecule has 2 atom stereocenters. The second kappa shape index (κ2) is 4.28. The summed E-state index contributed by atoms with van der Waals surface area (Å²) in [6.07, 6.45) is 0. The Morgan fingerprint density at radius 1 is 1.39 bits per heavy atom. The molecule has 100 valence electrons. The molecule has 0 radical (unpaired) electrons. The Hall–Kier alpha value is -1.01. The first-order valence-corrected chi connectivity index (χ1v) is 7.38. The number of halogens is 2. The zero-order valence-electron chi connectivity index (χ0n) is 10.2. The average molecular weight is 275 g/mol. The lowest BCUT2D eigenvalue weighted by Crippen LogP contribution is -2.55. The monoisotopic (exact) mass is 275 g/mol. The van der Waals surface area contributed by atoms with Crippen LogP contribution in [0.3, 0.4) is 0 Å². The van der Waals surface area contributed by atoms with E-state index in [2.05, 4.69) is 5.32 Å². The van der Waals surface area contributed by atoms with Crippen molar-refractivity contribution in [2.75, 3.05) is 12.3 Å². The number of nitrogens with one attached hydrogen (secondary N) is 1. The quantitative estimate of drug-likeness (QED) is 0.846. The van der Waals surface area contributed by atoms with Gasteiger partial charge < -0.3 is 5.32 Å². The average Bonchev–Trinajstić information content (AvgIpc) is 2.23. The Labute approximate surface area is 105 Å². The van der Waals surface area contributed by atoms with Gasteiger partial charge in [0.25, 0.3) is 0 Å². The van der Waals surface area contributed by atoms with Crippen molar-refractivity contribution >= 4 is 9.84 Å². The smallest absolute Gasteiger partial charge is 0.156 e. The van der Waals surface area contributed by atoms with Crippen LogP contribution in [-0.2, 0) is 15.4 Å². The number of sulfone groups is 1. The van der Waals surface area contributed by atoms with Gasteiger partial charge in [0.05, 0.1) is 16.5 Å². The molecule has 1 saturated heterocycles. The molecule has 0 aromatic heterocycles. The molecule has 1 N–H and O–H groups in total. The molecular formula is C12H15F2NO2S. The van der Waals surface area contributed by atoms with Crippen LogP contribution in [-0.4, -0.2) is 26.0 Å². The van der Waals surface area contributed by atoms with E-state index in [4.69, 9.17) is 0 Å². The van der Waals surface area contributed by atoms with Crippen LogP contribution in [0.15, 0.2) is 18.2 Å². The van der Waals surface area contributed by atoms with Crippen LogP contribution < -0.4 is 5.32 Å². The minimum absolute atomic E-state index is 0.180. The first-order valence-electron chi connectivity index (χ1n) is 5.67. The summed E-state index contributed by atoms with van der Waals surface area (Å²) in [7, 11) is -3.27. The van der Waals surface area contributed by atoms with Crippen molar-refractivity contribution < 1.29 is 17.2 Å². The van der Waals surface area contributed by atoms with E-state index in [0.29, 0.717) is 0 Å². The van der Waals surface area contributed by atoms with E-state index >= 15 is 0 Å². The standard InChI is InChI=1S/C12H15F2NO2S/c1-8-6-15-12(2,7-18(8,16)17)10-4-3-9(13)5-11(10)14/h3-5,8,15H,6-7H2,1-2H3. The predicted molar refractivity (Wildman–Crippen MR) is 65.0 cm³/mol. The van der Waals surface area contributed by atoms with E-state index in [1.165, 1.54) is 6.07 Å². The van der Waals surface area contributed by atoms with E-state index in [1.807, 2.05) is 0 Å². The Morgan fingerprint density at radius 3 is 2.61 bits per heavy atom. The van der Waals surface area contributed by atoms with Gasteiger partial charge in [-0.3, -0.25) is 0 Å². The van der Waals surface area contributed by atoms with Crippen molar-refractivity contribution in [3.8, 4) is 0 Å². The van der Waals surface area contributed by atoms with Crippen LogP contribution in [0.1, 0.15) is 19.4 Å². The number of hydrogen-bond donors (Lipinski definition) is 1. The first kappa shape index (κ1) is 13.4. The molecule has 1 aromatic carbocycles. The molecular weight excluding hydrogens is 260 g/mol. The summed E-state index contributed by atoms with van der Waals surface area (Å²) in [5, 5.41) is 2.54. The molecule has 0 aliphatic carbocycles. The molecule has 0 amide bonds. The molecule has 1 aliphatic heterocycles. The van der Waals surface area contributed by atoms with Gasteiger partial charge in [-0.1, -0.05) is 6.07 Å². The minimum Gasteiger partial charge on any atom is -0.305 e. The Kier molecular flexibility index (Phi) is 3.19. The van der Waals surface area contributed by atoms with Crippen LogP contribution in [0.2, 0.25) is 0 Å². The van der Waals surface area contributed by atoms with E-state index in [-0.39, 0.29) is 17.9 Å². The third kappa shape index (κ3) is 2.27. The molecule has 1 aliphatic rings. The maximum absolute atomic E-state index is 13.8. The SMILES string of the molecule is CC1CNC(C)(c2ccc(F)cc2F)CS1(=O)=O. The van der Waals surface area contributed by atoms with Gasteiger partial charge >= 0.3 is 0 Å². The lowest BCUT2D eigenvalue weighted by molar-refractivity contribution is 0.365. The van der Waals surface area contributed by atoms with Crippen LogP contribution in [0.5, 0.6) is 0 Å².